The zero-order chi connectivity index (χ0) is 20.5. The number of nitrogens with one attached hydrogen (secondary N) is 1. The number of aromatic hydroxyl groups is 1. The number of fused-ring (bicyclic) bond motifs is 1. The predicted octanol–water partition coefficient (Wildman–Crippen LogP) is 4.42. The average molecular weight is 390 g/mol. The summed E-state index contributed by atoms with van der Waals surface area (Å²) in [5.41, 5.74) is 5.66. The van der Waals surface area contributed by atoms with Crippen molar-refractivity contribution in [1.29, 1.82) is 0 Å². The van der Waals surface area contributed by atoms with E-state index in [9.17, 15) is 18.3 Å². The molecule has 3 rings (SSSR count). The van der Waals surface area contributed by atoms with E-state index in [4.69, 9.17) is 5.73 Å². The first-order chi connectivity index (χ1) is 13.2. The molecule has 0 aliphatic heterocycles. The summed E-state index contributed by atoms with van der Waals surface area (Å²) < 4.78 is 39.3. The standard InChI is InChI=1S/C20H21F3N4O/c1-11(2)15(24)10-25-18-13-5-3-4-6-16(13)26-19(27-18)14-9-12(20(21,22)23)7-8-17(14)28/h3-9,11,15,28H,10,24H2,1-2H3,(H,25,26,27)/t15-/m0/s1. The van der Waals surface area contributed by atoms with Crippen molar-refractivity contribution in [1.82, 2.24) is 9.97 Å². The van der Waals surface area contributed by atoms with E-state index in [0.29, 0.717) is 23.3 Å². The lowest BCUT2D eigenvalue weighted by molar-refractivity contribution is -0.137. The lowest BCUT2D eigenvalue weighted by Crippen LogP contribution is -2.34. The number of para-hydroxylation sites is 1. The van der Waals surface area contributed by atoms with E-state index >= 15 is 0 Å². The van der Waals surface area contributed by atoms with E-state index in [2.05, 4.69) is 15.3 Å². The number of alkyl halides is 3. The minimum atomic E-state index is -4.54. The Morgan fingerprint density at radius 1 is 1.11 bits per heavy atom. The van der Waals surface area contributed by atoms with Gasteiger partial charge in [0.05, 0.1) is 16.6 Å². The molecule has 0 spiro atoms. The third-order valence-electron chi connectivity index (χ3n) is 4.53. The maximum absolute atomic E-state index is 13.1. The number of aromatic nitrogens is 2. The predicted molar refractivity (Wildman–Crippen MR) is 103 cm³/mol. The molecule has 2 aromatic carbocycles. The van der Waals surface area contributed by atoms with Crippen LogP contribution in [0.5, 0.6) is 5.75 Å². The molecule has 0 fully saturated rings. The van der Waals surface area contributed by atoms with Crippen LogP contribution < -0.4 is 11.1 Å². The fourth-order valence-corrected chi connectivity index (χ4v) is 2.67. The van der Waals surface area contributed by atoms with Crippen LogP contribution in [0.25, 0.3) is 22.3 Å². The first-order valence-corrected chi connectivity index (χ1v) is 8.83. The van der Waals surface area contributed by atoms with Crippen LogP contribution in [0, 0.1) is 5.92 Å². The van der Waals surface area contributed by atoms with E-state index in [1.807, 2.05) is 26.0 Å². The van der Waals surface area contributed by atoms with Gasteiger partial charge in [0.1, 0.15) is 11.6 Å². The summed E-state index contributed by atoms with van der Waals surface area (Å²) in [5, 5.41) is 14.0. The van der Waals surface area contributed by atoms with Gasteiger partial charge in [-0.3, -0.25) is 0 Å². The zero-order valence-electron chi connectivity index (χ0n) is 15.5. The molecule has 3 aromatic rings. The van der Waals surface area contributed by atoms with E-state index < -0.39 is 11.7 Å². The number of hydrogen-bond donors (Lipinski definition) is 3. The Morgan fingerprint density at radius 2 is 1.82 bits per heavy atom. The van der Waals surface area contributed by atoms with Crippen molar-refractivity contribution in [2.45, 2.75) is 26.1 Å². The van der Waals surface area contributed by atoms with Crippen molar-refractivity contribution in [2.24, 2.45) is 11.7 Å². The molecule has 0 saturated carbocycles. The van der Waals surface area contributed by atoms with Gasteiger partial charge in [0.15, 0.2) is 5.82 Å². The van der Waals surface area contributed by atoms with Gasteiger partial charge in [-0.2, -0.15) is 13.2 Å². The molecule has 8 heteroatoms. The summed E-state index contributed by atoms with van der Waals surface area (Å²) in [4.78, 5) is 8.72. The molecule has 0 amide bonds. The number of nitrogens with two attached hydrogens (primary N) is 1. The molecule has 0 aliphatic rings. The first-order valence-electron chi connectivity index (χ1n) is 8.83. The highest BCUT2D eigenvalue weighted by atomic mass is 19.4. The van der Waals surface area contributed by atoms with Crippen LogP contribution in [0.1, 0.15) is 19.4 Å². The maximum Gasteiger partial charge on any atom is 0.416 e. The van der Waals surface area contributed by atoms with Crippen molar-refractivity contribution >= 4 is 16.7 Å². The number of anilines is 1. The SMILES string of the molecule is CC(C)[C@@H](N)CNc1nc(-c2cc(C(F)(F)F)ccc2O)nc2ccccc12. The summed E-state index contributed by atoms with van der Waals surface area (Å²) in [6.07, 6.45) is -4.54. The van der Waals surface area contributed by atoms with Crippen LogP contribution in [-0.2, 0) is 6.18 Å². The minimum Gasteiger partial charge on any atom is -0.507 e. The Morgan fingerprint density at radius 3 is 2.50 bits per heavy atom. The van der Waals surface area contributed by atoms with Crippen LogP contribution >= 0.6 is 0 Å². The molecule has 1 aromatic heterocycles. The Balaban J connectivity index is 2.10. The normalized spacial score (nSPS) is 13.1. The second kappa shape index (κ2) is 7.63. The Kier molecular flexibility index (Phi) is 5.42. The van der Waals surface area contributed by atoms with Crippen LogP contribution in [0.2, 0.25) is 0 Å². The third kappa shape index (κ3) is 4.17. The minimum absolute atomic E-state index is 0.00270. The first kappa shape index (κ1) is 19.9. The molecule has 1 atom stereocenters. The summed E-state index contributed by atoms with van der Waals surface area (Å²) in [5.74, 6) is 0.372. The number of benzene rings is 2. The van der Waals surface area contributed by atoms with Crippen LogP contribution in [-0.4, -0.2) is 27.7 Å². The highest BCUT2D eigenvalue weighted by Crippen LogP contribution is 2.36. The second-order valence-corrected chi connectivity index (χ2v) is 6.93. The van der Waals surface area contributed by atoms with Crippen molar-refractivity contribution in [3.63, 3.8) is 0 Å². The topological polar surface area (TPSA) is 84.1 Å². The van der Waals surface area contributed by atoms with Gasteiger partial charge >= 0.3 is 6.18 Å². The number of phenols is 1. The number of nitrogens with zero attached hydrogens (tertiary/aromatic N) is 2. The molecule has 0 radical (unpaired) electrons. The van der Waals surface area contributed by atoms with Gasteiger partial charge in [0, 0.05) is 18.0 Å². The fourth-order valence-electron chi connectivity index (χ4n) is 2.67. The highest BCUT2D eigenvalue weighted by Gasteiger charge is 2.31. The smallest absolute Gasteiger partial charge is 0.416 e. The zero-order valence-corrected chi connectivity index (χ0v) is 15.5. The molecule has 4 N–H and O–H groups in total. The molecular weight excluding hydrogens is 369 g/mol. The van der Waals surface area contributed by atoms with Crippen molar-refractivity contribution < 1.29 is 18.3 Å². The molecule has 0 bridgehead atoms. The maximum atomic E-state index is 13.1. The number of halogens is 3. The fraction of sp³-hybridized carbons (Fsp3) is 0.300. The second-order valence-electron chi connectivity index (χ2n) is 6.93. The molecule has 1 heterocycles. The van der Waals surface area contributed by atoms with E-state index in [0.717, 1.165) is 18.2 Å². The van der Waals surface area contributed by atoms with Gasteiger partial charge in [0.2, 0.25) is 0 Å². The Hall–Kier alpha value is -2.87. The van der Waals surface area contributed by atoms with Crippen molar-refractivity contribution in [2.75, 3.05) is 11.9 Å². The summed E-state index contributed by atoms with van der Waals surface area (Å²) in [6, 6.07) is 9.68. The van der Waals surface area contributed by atoms with Crippen molar-refractivity contribution in [3.8, 4) is 17.1 Å². The van der Waals surface area contributed by atoms with Gasteiger partial charge < -0.3 is 16.2 Å². The number of hydrogen-bond acceptors (Lipinski definition) is 5. The van der Waals surface area contributed by atoms with Crippen LogP contribution in [0.15, 0.2) is 42.5 Å². The van der Waals surface area contributed by atoms with E-state index in [1.54, 1.807) is 12.1 Å². The van der Waals surface area contributed by atoms with Gasteiger partial charge in [-0.25, -0.2) is 9.97 Å². The van der Waals surface area contributed by atoms with Gasteiger partial charge in [-0.15, -0.1) is 0 Å². The highest BCUT2D eigenvalue weighted by molar-refractivity contribution is 5.91. The van der Waals surface area contributed by atoms with E-state index in [-0.39, 0.29) is 29.1 Å². The molecule has 0 saturated heterocycles. The molecule has 148 valence electrons. The Labute approximate surface area is 160 Å². The molecule has 5 nitrogen and oxygen atoms in total. The van der Waals surface area contributed by atoms with Crippen LogP contribution in [0.3, 0.4) is 0 Å². The Bertz CT molecular complexity index is 989. The average Bonchev–Trinajstić information content (AvgIpc) is 2.64. The number of phenolic OH excluding ortho intramolecular Hbond substituents is 1. The molecular formula is C20H21F3N4O. The van der Waals surface area contributed by atoms with Gasteiger partial charge in [0.25, 0.3) is 0 Å². The molecule has 0 aliphatic carbocycles. The molecule has 28 heavy (non-hydrogen) atoms. The van der Waals surface area contributed by atoms with Gasteiger partial charge in [-0.05, 0) is 36.2 Å². The monoisotopic (exact) mass is 390 g/mol. The lowest BCUT2D eigenvalue weighted by atomic mass is 10.1. The summed E-state index contributed by atoms with van der Waals surface area (Å²) in [6.45, 7) is 4.43. The van der Waals surface area contributed by atoms with Crippen LogP contribution in [0.4, 0.5) is 19.0 Å². The molecule has 0 unspecified atom stereocenters. The third-order valence-corrected chi connectivity index (χ3v) is 4.53. The quantitative estimate of drug-likeness (QED) is 0.601. The summed E-state index contributed by atoms with van der Waals surface area (Å²) in [7, 11) is 0. The largest absolute Gasteiger partial charge is 0.507 e. The number of rotatable bonds is 5. The van der Waals surface area contributed by atoms with E-state index in [1.165, 1.54) is 0 Å². The lowest BCUT2D eigenvalue weighted by Gasteiger charge is -2.18. The van der Waals surface area contributed by atoms with Gasteiger partial charge in [-0.1, -0.05) is 26.0 Å². The summed E-state index contributed by atoms with van der Waals surface area (Å²) >= 11 is 0. The van der Waals surface area contributed by atoms with Crippen molar-refractivity contribution in [3.05, 3.63) is 48.0 Å².